The third-order valence-electron chi connectivity index (χ3n) is 4.27. The summed E-state index contributed by atoms with van der Waals surface area (Å²) in [5.41, 5.74) is 0.477. The van der Waals surface area contributed by atoms with E-state index in [4.69, 9.17) is 11.6 Å². The Balaban J connectivity index is 1.96. The number of benzene rings is 2. The lowest BCUT2D eigenvalue weighted by atomic mass is 10.1. The average Bonchev–Trinajstić information content (AvgIpc) is 3.23. The van der Waals surface area contributed by atoms with Gasteiger partial charge in [0.25, 0.3) is 10.0 Å². The number of amides is 1. The van der Waals surface area contributed by atoms with Crippen LogP contribution in [0.1, 0.15) is 11.1 Å². The highest BCUT2D eigenvalue weighted by Gasteiger charge is 2.35. The number of halogens is 4. The lowest BCUT2D eigenvalue weighted by Gasteiger charge is -2.18. The third kappa shape index (κ3) is 4.50. The van der Waals surface area contributed by atoms with Crippen LogP contribution in [-0.4, -0.2) is 29.7 Å². The Kier molecular flexibility index (Phi) is 6.93. The van der Waals surface area contributed by atoms with Crippen molar-refractivity contribution in [2.24, 2.45) is 0 Å². The van der Waals surface area contributed by atoms with E-state index >= 15 is 0 Å². The molecule has 1 amide bonds. The molecule has 8 nitrogen and oxygen atoms in total. The predicted molar refractivity (Wildman–Crippen MR) is 111 cm³/mol. The molecule has 3 aromatic rings. The molecule has 0 saturated heterocycles. The summed E-state index contributed by atoms with van der Waals surface area (Å²) in [5, 5.41) is 22.0. The van der Waals surface area contributed by atoms with Crippen molar-refractivity contribution < 1.29 is 36.6 Å². The van der Waals surface area contributed by atoms with Crippen LogP contribution in [0.3, 0.4) is 0 Å². The van der Waals surface area contributed by atoms with Crippen LogP contribution in [0.4, 0.5) is 29.5 Å². The minimum absolute atomic E-state index is 0.0962. The molecule has 0 saturated carbocycles. The first-order valence-electron chi connectivity index (χ1n) is 8.54. The van der Waals surface area contributed by atoms with Crippen LogP contribution in [0.2, 0.25) is 5.02 Å². The highest BCUT2D eigenvalue weighted by Crippen LogP contribution is 2.32. The van der Waals surface area contributed by atoms with Crippen LogP contribution in [0, 0.1) is 17.5 Å². The van der Waals surface area contributed by atoms with E-state index in [2.05, 4.69) is 10.3 Å². The van der Waals surface area contributed by atoms with Crippen molar-refractivity contribution in [1.82, 2.24) is 4.98 Å². The molecular weight excluding hydrogens is 495 g/mol. The van der Waals surface area contributed by atoms with Gasteiger partial charge < -0.3 is 15.5 Å². The van der Waals surface area contributed by atoms with Gasteiger partial charge in [0.15, 0.2) is 5.82 Å². The zero-order chi connectivity index (χ0) is 23.6. The number of rotatable bonds is 7. The van der Waals surface area contributed by atoms with E-state index in [1.165, 1.54) is 5.51 Å². The molecule has 0 aliphatic carbocycles. The zero-order valence-electron chi connectivity index (χ0n) is 15.7. The second-order valence-electron chi connectivity index (χ2n) is 6.16. The van der Waals surface area contributed by atoms with Crippen molar-refractivity contribution in [1.29, 1.82) is 0 Å². The Bertz CT molecular complexity index is 1270. The molecule has 1 aromatic heterocycles. The van der Waals surface area contributed by atoms with E-state index < -0.39 is 57.4 Å². The van der Waals surface area contributed by atoms with Crippen LogP contribution >= 0.6 is 22.9 Å². The number of sulfonamides is 1. The SMILES string of the molecule is O=C(O)N(c1cscn1)S(=O)(=O)c1cc(Cl)c(NCc2c(F)ccc(F)c2CO)cc1F. The van der Waals surface area contributed by atoms with Gasteiger partial charge in [-0.25, -0.2) is 31.4 Å². The summed E-state index contributed by atoms with van der Waals surface area (Å²) in [6.07, 6.45) is -1.91. The fourth-order valence-electron chi connectivity index (χ4n) is 2.77. The van der Waals surface area contributed by atoms with E-state index in [9.17, 15) is 36.6 Å². The molecule has 0 unspecified atom stereocenters. The molecule has 0 fully saturated rings. The van der Waals surface area contributed by atoms with Gasteiger partial charge >= 0.3 is 6.09 Å². The second-order valence-corrected chi connectivity index (χ2v) is 9.04. The van der Waals surface area contributed by atoms with Crippen LogP contribution in [0.5, 0.6) is 0 Å². The summed E-state index contributed by atoms with van der Waals surface area (Å²) in [6, 6.07) is 3.05. The Morgan fingerprint density at radius 3 is 2.38 bits per heavy atom. The molecule has 0 radical (unpaired) electrons. The van der Waals surface area contributed by atoms with E-state index in [-0.39, 0.29) is 26.1 Å². The van der Waals surface area contributed by atoms with Crippen LogP contribution in [0.15, 0.2) is 40.1 Å². The minimum atomic E-state index is -4.94. The maximum absolute atomic E-state index is 14.7. The summed E-state index contributed by atoms with van der Waals surface area (Å²) in [5.74, 6) is -3.47. The molecule has 32 heavy (non-hydrogen) atoms. The summed E-state index contributed by atoms with van der Waals surface area (Å²) in [7, 11) is -4.94. The van der Waals surface area contributed by atoms with Gasteiger partial charge in [-0.1, -0.05) is 11.6 Å². The smallest absolute Gasteiger partial charge is 0.427 e. The standard InChI is InChI=1S/C18H13ClF3N3O5S2/c19-11-3-16(32(29,30)25(18(27)28)17-7-31-8-24-17)14(22)4-15(11)23-5-9-10(6-26)13(21)2-1-12(9)20/h1-4,7-8,23,26H,5-6H2,(H,27,28). The molecular formula is C18H13ClF3N3O5S2. The molecule has 2 aromatic carbocycles. The maximum atomic E-state index is 14.7. The third-order valence-corrected chi connectivity index (χ3v) is 6.85. The van der Waals surface area contributed by atoms with E-state index in [1.807, 2.05) is 0 Å². The highest BCUT2D eigenvalue weighted by molar-refractivity contribution is 7.93. The lowest BCUT2D eigenvalue weighted by Crippen LogP contribution is -2.36. The Morgan fingerprint density at radius 2 is 1.81 bits per heavy atom. The average molecular weight is 508 g/mol. The number of nitrogens with zero attached hydrogens (tertiary/aromatic N) is 2. The predicted octanol–water partition coefficient (Wildman–Crippen LogP) is 4.19. The molecule has 3 rings (SSSR count). The Labute approximate surface area is 188 Å². The van der Waals surface area contributed by atoms with Gasteiger partial charge in [0.1, 0.15) is 22.3 Å². The second kappa shape index (κ2) is 9.32. The molecule has 170 valence electrons. The number of thiazole rings is 1. The number of carbonyl (C=O) groups is 1. The van der Waals surface area contributed by atoms with Gasteiger partial charge in [-0.2, -0.15) is 0 Å². The summed E-state index contributed by atoms with van der Waals surface area (Å²) in [4.78, 5) is 14.1. The number of aliphatic hydroxyl groups excluding tert-OH is 1. The molecule has 0 aliphatic heterocycles. The maximum Gasteiger partial charge on any atom is 0.427 e. The van der Waals surface area contributed by atoms with E-state index in [0.29, 0.717) is 12.1 Å². The number of anilines is 2. The van der Waals surface area contributed by atoms with Crippen molar-refractivity contribution in [2.45, 2.75) is 18.0 Å². The molecule has 0 spiro atoms. The highest BCUT2D eigenvalue weighted by atomic mass is 35.5. The normalized spacial score (nSPS) is 11.4. The molecule has 0 aliphatic rings. The van der Waals surface area contributed by atoms with Gasteiger partial charge in [0, 0.05) is 23.1 Å². The van der Waals surface area contributed by atoms with Crippen molar-refractivity contribution in [3.63, 3.8) is 0 Å². The van der Waals surface area contributed by atoms with E-state index in [0.717, 1.165) is 28.8 Å². The van der Waals surface area contributed by atoms with Crippen LogP contribution in [0.25, 0.3) is 0 Å². The first kappa shape index (κ1) is 23.8. The summed E-state index contributed by atoms with van der Waals surface area (Å²) in [6.45, 7) is -1.20. The van der Waals surface area contributed by atoms with Crippen molar-refractivity contribution in [2.75, 3.05) is 9.62 Å². The molecule has 3 N–H and O–H groups in total. The number of nitrogens with one attached hydrogen (secondary N) is 1. The van der Waals surface area contributed by atoms with Crippen molar-refractivity contribution >= 4 is 50.6 Å². The fourth-order valence-corrected chi connectivity index (χ4v) is 4.97. The number of carboxylic acid groups (broad SMARTS) is 1. The topological polar surface area (TPSA) is 120 Å². The zero-order valence-corrected chi connectivity index (χ0v) is 18.1. The number of aliphatic hydroxyl groups is 1. The van der Waals surface area contributed by atoms with Crippen molar-refractivity contribution in [3.05, 3.63) is 68.8 Å². The van der Waals surface area contributed by atoms with Gasteiger partial charge in [0.2, 0.25) is 0 Å². The minimum Gasteiger partial charge on any atom is -0.464 e. The lowest BCUT2D eigenvalue weighted by molar-refractivity contribution is 0.206. The Morgan fingerprint density at radius 1 is 1.16 bits per heavy atom. The van der Waals surface area contributed by atoms with E-state index in [1.54, 1.807) is 0 Å². The van der Waals surface area contributed by atoms with Crippen LogP contribution in [-0.2, 0) is 23.2 Å². The molecule has 0 atom stereocenters. The van der Waals surface area contributed by atoms with Gasteiger partial charge in [0.05, 0.1) is 22.8 Å². The first-order valence-corrected chi connectivity index (χ1v) is 11.3. The molecule has 1 heterocycles. The first-order chi connectivity index (χ1) is 15.1. The van der Waals surface area contributed by atoms with Gasteiger partial charge in [-0.15, -0.1) is 15.6 Å². The number of hydrogen-bond donors (Lipinski definition) is 3. The number of aromatic nitrogens is 1. The molecule has 0 bridgehead atoms. The van der Waals surface area contributed by atoms with Gasteiger partial charge in [-0.05, 0) is 24.3 Å². The molecule has 14 heteroatoms. The summed E-state index contributed by atoms with van der Waals surface area (Å²) < 4.78 is 68.0. The van der Waals surface area contributed by atoms with Crippen LogP contribution < -0.4 is 9.62 Å². The number of hydrogen-bond acceptors (Lipinski definition) is 7. The Hall–Kier alpha value is -2.87. The van der Waals surface area contributed by atoms with Gasteiger partial charge in [-0.3, -0.25) is 0 Å². The quantitative estimate of drug-likeness (QED) is 0.438. The monoisotopic (exact) mass is 507 g/mol. The van der Waals surface area contributed by atoms with Crippen molar-refractivity contribution in [3.8, 4) is 0 Å². The largest absolute Gasteiger partial charge is 0.464 e. The summed E-state index contributed by atoms with van der Waals surface area (Å²) >= 11 is 6.97. The fraction of sp³-hybridized carbons (Fsp3) is 0.111.